The molecule has 6 rings (SSSR count). The standard InChI is InChI=1S/C29H27ClN8O2/c1-16(2)26-27(29(40)34-23-6-4-5-22(10-23)33-17(3)39)36-38-24(20-12-31-32-13-20)11-25(35-28(26)38)37-14-18-7-8-21(30)9-19(18)15-37/h4-13,16H,14-15H2,1-3H3,(H,31,32)(H,33,39)(H,34,40). The molecule has 0 saturated carbocycles. The van der Waals surface area contributed by atoms with Crippen molar-refractivity contribution in [2.24, 2.45) is 0 Å². The Morgan fingerprint density at radius 3 is 2.52 bits per heavy atom. The lowest BCUT2D eigenvalue weighted by Crippen LogP contribution is -2.17. The molecule has 0 saturated heterocycles. The number of nitrogens with zero attached hydrogens (tertiary/aromatic N) is 5. The van der Waals surface area contributed by atoms with E-state index in [1.54, 1.807) is 41.2 Å². The highest BCUT2D eigenvalue weighted by atomic mass is 35.5. The number of anilines is 3. The first-order valence-corrected chi connectivity index (χ1v) is 13.3. The van der Waals surface area contributed by atoms with Crippen molar-refractivity contribution in [3.8, 4) is 11.3 Å². The monoisotopic (exact) mass is 554 g/mol. The molecule has 3 aromatic heterocycles. The number of fused-ring (bicyclic) bond motifs is 2. The zero-order valence-electron chi connectivity index (χ0n) is 22.2. The molecule has 0 aliphatic carbocycles. The second-order valence-electron chi connectivity index (χ2n) is 10.1. The van der Waals surface area contributed by atoms with Crippen molar-refractivity contribution in [1.29, 1.82) is 0 Å². The Bertz CT molecular complexity index is 1760. The maximum atomic E-state index is 13.6. The molecule has 3 N–H and O–H groups in total. The number of rotatable bonds is 6. The van der Waals surface area contributed by atoms with Gasteiger partial charge >= 0.3 is 0 Å². The normalized spacial score (nSPS) is 12.7. The molecule has 0 unspecified atom stereocenters. The molecule has 0 spiro atoms. The first-order valence-electron chi connectivity index (χ1n) is 12.9. The molecule has 202 valence electrons. The lowest BCUT2D eigenvalue weighted by Gasteiger charge is -2.18. The van der Waals surface area contributed by atoms with Gasteiger partial charge in [-0.25, -0.2) is 9.50 Å². The van der Waals surface area contributed by atoms with Crippen LogP contribution < -0.4 is 15.5 Å². The summed E-state index contributed by atoms with van der Waals surface area (Å²) in [6, 6.07) is 14.9. The van der Waals surface area contributed by atoms with E-state index in [2.05, 4.69) is 31.8 Å². The molecule has 1 aliphatic heterocycles. The van der Waals surface area contributed by atoms with Gasteiger partial charge in [-0.15, -0.1) is 0 Å². The van der Waals surface area contributed by atoms with E-state index in [9.17, 15) is 9.59 Å². The van der Waals surface area contributed by atoms with Gasteiger partial charge in [-0.2, -0.15) is 10.2 Å². The predicted molar refractivity (Wildman–Crippen MR) is 155 cm³/mol. The van der Waals surface area contributed by atoms with E-state index in [0.29, 0.717) is 35.1 Å². The largest absolute Gasteiger partial charge is 0.348 e. The number of carbonyl (C=O) groups excluding carboxylic acids is 2. The molecule has 0 bridgehead atoms. The fraction of sp³-hybridized carbons (Fsp3) is 0.207. The molecule has 2 amide bonds. The number of benzene rings is 2. The van der Waals surface area contributed by atoms with Gasteiger partial charge in [-0.3, -0.25) is 14.7 Å². The highest BCUT2D eigenvalue weighted by molar-refractivity contribution is 6.30. The molecular weight excluding hydrogens is 528 g/mol. The minimum atomic E-state index is -0.364. The molecule has 4 heterocycles. The average molecular weight is 555 g/mol. The quantitative estimate of drug-likeness (QED) is 0.250. The van der Waals surface area contributed by atoms with Crippen LogP contribution in [0.3, 0.4) is 0 Å². The number of aromatic nitrogens is 5. The second-order valence-corrected chi connectivity index (χ2v) is 10.6. The van der Waals surface area contributed by atoms with Gasteiger partial charge in [0.15, 0.2) is 11.3 Å². The number of hydrogen-bond donors (Lipinski definition) is 3. The fourth-order valence-corrected chi connectivity index (χ4v) is 5.27. The maximum absolute atomic E-state index is 13.6. The van der Waals surface area contributed by atoms with E-state index in [0.717, 1.165) is 28.2 Å². The van der Waals surface area contributed by atoms with Gasteiger partial charge in [-0.1, -0.05) is 37.6 Å². The predicted octanol–water partition coefficient (Wildman–Crippen LogP) is 5.63. The highest BCUT2D eigenvalue weighted by Gasteiger charge is 2.28. The number of halogens is 1. The molecule has 5 aromatic rings. The van der Waals surface area contributed by atoms with E-state index in [1.165, 1.54) is 12.5 Å². The maximum Gasteiger partial charge on any atom is 0.276 e. The fourth-order valence-electron chi connectivity index (χ4n) is 5.07. The van der Waals surface area contributed by atoms with Crippen LogP contribution >= 0.6 is 11.6 Å². The van der Waals surface area contributed by atoms with Crippen LogP contribution in [0.1, 0.15) is 53.9 Å². The van der Waals surface area contributed by atoms with Crippen LogP contribution in [0.4, 0.5) is 17.2 Å². The third-order valence-electron chi connectivity index (χ3n) is 6.85. The van der Waals surface area contributed by atoms with Crippen molar-refractivity contribution in [1.82, 2.24) is 24.8 Å². The summed E-state index contributed by atoms with van der Waals surface area (Å²) >= 11 is 6.25. The van der Waals surface area contributed by atoms with Crippen molar-refractivity contribution in [2.45, 2.75) is 39.8 Å². The number of hydrogen-bond acceptors (Lipinski definition) is 6. The minimum Gasteiger partial charge on any atom is -0.348 e. The van der Waals surface area contributed by atoms with Crippen molar-refractivity contribution in [3.63, 3.8) is 0 Å². The van der Waals surface area contributed by atoms with E-state index in [-0.39, 0.29) is 23.4 Å². The molecule has 1 aliphatic rings. The smallest absolute Gasteiger partial charge is 0.276 e. The zero-order valence-corrected chi connectivity index (χ0v) is 23.0. The summed E-state index contributed by atoms with van der Waals surface area (Å²) in [7, 11) is 0. The third-order valence-corrected chi connectivity index (χ3v) is 7.09. The van der Waals surface area contributed by atoms with Crippen molar-refractivity contribution in [3.05, 3.63) is 88.3 Å². The van der Waals surface area contributed by atoms with Crippen LogP contribution in [0.2, 0.25) is 5.02 Å². The molecule has 40 heavy (non-hydrogen) atoms. The summed E-state index contributed by atoms with van der Waals surface area (Å²) in [4.78, 5) is 32.3. The summed E-state index contributed by atoms with van der Waals surface area (Å²) in [6.07, 6.45) is 3.52. The molecule has 0 atom stereocenters. The van der Waals surface area contributed by atoms with Crippen molar-refractivity contribution >= 4 is 46.3 Å². The van der Waals surface area contributed by atoms with E-state index >= 15 is 0 Å². The van der Waals surface area contributed by atoms with Crippen LogP contribution in [0, 0.1) is 0 Å². The summed E-state index contributed by atoms with van der Waals surface area (Å²) in [5, 5.41) is 18.2. The first-order chi connectivity index (χ1) is 19.3. The van der Waals surface area contributed by atoms with Crippen molar-refractivity contribution in [2.75, 3.05) is 15.5 Å². The average Bonchev–Trinajstić information content (AvgIpc) is 3.65. The summed E-state index contributed by atoms with van der Waals surface area (Å²) < 4.78 is 1.71. The van der Waals surface area contributed by atoms with E-state index < -0.39 is 0 Å². The molecular formula is C29H27ClN8O2. The Balaban J connectivity index is 1.44. The lowest BCUT2D eigenvalue weighted by atomic mass is 10.0. The Labute approximate surface area is 235 Å². The molecule has 2 aromatic carbocycles. The molecule has 0 fully saturated rings. The van der Waals surface area contributed by atoms with Gasteiger partial charge in [0.2, 0.25) is 5.91 Å². The third kappa shape index (κ3) is 4.77. The second kappa shape index (κ2) is 10.1. The van der Waals surface area contributed by atoms with E-state index in [4.69, 9.17) is 21.7 Å². The number of amides is 2. The summed E-state index contributed by atoms with van der Waals surface area (Å²) in [5.74, 6) is 0.173. The van der Waals surface area contributed by atoms with Gasteiger partial charge in [-0.05, 0) is 47.4 Å². The van der Waals surface area contributed by atoms with Gasteiger partial charge in [0, 0.05) is 59.8 Å². The number of nitrogens with one attached hydrogen (secondary N) is 3. The van der Waals surface area contributed by atoms with Gasteiger partial charge in [0.25, 0.3) is 5.91 Å². The van der Waals surface area contributed by atoms with Crippen LogP contribution in [0.15, 0.2) is 60.9 Å². The topological polar surface area (TPSA) is 120 Å². The number of H-pyrrole nitrogens is 1. The minimum absolute atomic E-state index is 0.0431. The molecule has 0 radical (unpaired) electrons. The number of aromatic amines is 1. The number of carbonyl (C=O) groups is 2. The van der Waals surface area contributed by atoms with Crippen LogP contribution in [-0.4, -0.2) is 36.6 Å². The van der Waals surface area contributed by atoms with Crippen LogP contribution in [0.5, 0.6) is 0 Å². The first kappa shape index (κ1) is 25.6. The summed E-state index contributed by atoms with van der Waals surface area (Å²) in [6.45, 7) is 6.85. The SMILES string of the molecule is CC(=O)Nc1cccc(NC(=O)c2nn3c(-c4cn[nH]c4)cc(N4Cc5ccc(Cl)cc5C4)nc3c2C(C)C)c1. The van der Waals surface area contributed by atoms with E-state index in [1.807, 2.05) is 32.0 Å². The highest BCUT2D eigenvalue weighted by Crippen LogP contribution is 2.34. The lowest BCUT2D eigenvalue weighted by molar-refractivity contribution is -0.114. The summed E-state index contributed by atoms with van der Waals surface area (Å²) in [5.41, 5.74) is 6.71. The van der Waals surface area contributed by atoms with Gasteiger partial charge in [0.05, 0.1) is 11.9 Å². The Kier molecular flexibility index (Phi) is 6.47. The Hall–Kier alpha value is -4.70. The van der Waals surface area contributed by atoms with Crippen LogP contribution in [0.25, 0.3) is 16.9 Å². The van der Waals surface area contributed by atoms with Crippen molar-refractivity contribution < 1.29 is 9.59 Å². The Morgan fingerprint density at radius 1 is 1.02 bits per heavy atom. The van der Waals surface area contributed by atoms with Gasteiger partial charge < -0.3 is 15.5 Å². The molecule has 10 nitrogen and oxygen atoms in total. The van der Waals surface area contributed by atoms with Crippen LogP contribution in [-0.2, 0) is 17.9 Å². The zero-order chi connectivity index (χ0) is 28.0. The molecule has 11 heteroatoms. The Morgan fingerprint density at radius 2 is 1.80 bits per heavy atom. The van der Waals surface area contributed by atoms with Gasteiger partial charge in [0.1, 0.15) is 5.82 Å².